The minimum Gasteiger partial charge on any atom is -0.379 e. The third-order valence-electron chi connectivity index (χ3n) is 7.56. The average Bonchev–Trinajstić information content (AvgIpc) is 2.89. The first kappa shape index (κ1) is 35.9. The standard InChI is InChI=1S/C33H69NO2/c1-3-5-7-9-11-13-15-16-17-18-19-20-21-23-25-27-29-35-32-33(31-34)36-30-28-26-24-22-14-12-10-8-6-4-2/h33H,3-32,34H2,1-2H3/t33-/m0/s1. The highest BCUT2D eigenvalue weighted by Crippen LogP contribution is 2.14. The largest absolute Gasteiger partial charge is 0.379 e. The van der Waals surface area contributed by atoms with Gasteiger partial charge in [-0.3, -0.25) is 0 Å². The summed E-state index contributed by atoms with van der Waals surface area (Å²) in [5, 5.41) is 0. The smallest absolute Gasteiger partial charge is 0.0930 e. The van der Waals surface area contributed by atoms with Gasteiger partial charge in [-0.25, -0.2) is 0 Å². The maximum absolute atomic E-state index is 5.95. The Kier molecular flexibility index (Phi) is 32.8. The molecular weight excluding hydrogens is 442 g/mol. The summed E-state index contributed by atoms with van der Waals surface area (Å²) >= 11 is 0. The van der Waals surface area contributed by atoms with Crippen molar-refractivity contribution >= 4 is 0 Å². The number of ether oxygens (including phenoxy) is 2. The summed E-state index contributed by atoms with van der Waals surface area (Å²) in [5.41, 5.74) is 5.87. The van der Waals surface area contributed by atoms with Crippen LogP contribution in [0.4, 0.5) is 0 Å². The zero-order chi connectivity index (χ0) is 26.2. The van der Waals surface area contributed by atoms with Crippen LogP contribution in [0.15, 0.2) is 0 Å². The molecule has 1 atom stereocenters. The van der Waals surface area contributed by atoms with E-state index in [4.69, 9.17) is 15.2 Å². The molecule has 0 aliphatic rings. The summed E-state index contributed by atoms with van der Waals surface area (Å²) in [5.74, 6) is 0. The van der Waals surface area contributed by atoms with Gasteiger partial charge in [0.15, 0.2) is 0 Å². The number of nitrogens with two attached hydrogens (primary N) is 1. The van der Waals surface area contributed by atoms with Crippen LogP contribution < -0.4 is 5.73 Å². The monoisotopic (exact) mass is 512 g/mol. The fourth-order valence-electron chi connectivity index (χ4n) is 4.99. The molecule has 0 heterocycles. The lowest BCUT2D eigenvalue weighted by Gasteiger charge is -2.16. The van der Waals surface area contributed by atoms with Gasteiger partial charge in [-0.05, 0) is 12.8 Å². The van der Waals surface area contributed by atoms with Gasteiger partial charge in [0.05, 0.1) is 12.7 Å². The molecule has 0 aromatic rings. The summed E-state index contributed by atoms with van der Waals surface area (Å²) in [7, 11) is 0. The molecule has 0 saturated carbocycles. The van der Waals surface area contributed by atoms with Crippen LogP contribution in [-0.2, 0) is 9.47 Å². The summed E-state index contributed by atoms with van der Waals surface area (Å²) in [6.45, 7) is 7.50. The molecule has 0 unspecified atom stereocenters. The average molecular weight is 512 g/mol. The number of rotatable bonds is 32. The van der Waals surface area contributed by atoms with Crippen molar-refractivity contribution in [3.63, 3.8) is 0 Å². The second-order valence-corrected chi connectivity index (χ2v) is 11.3. The minimum atomic E-state index is 0.0737. The van der Waals surface area contributed by atoms with Crippen LogP contribution in [0.25, 0.3) is 0 Å². The maximum atomic E-state index is 5.95. The lowest BCUT2D eigenvalue weighted by atomic mass is 10.0. The molecule has 3 nitrogen and oxygen atoms in total. The molecule has 36 heavy (non-hydrogen) atoms. The number of unbranched alkanes of at least 4 members (excludes halogenated alkanes) is 24. The molecule has 0 bridgehead atoms. The first-order valence-corrected chi connectivity index (χ1v) is 16.7. The van der Waals surface area contributed by atoms with Crippen LogP contribution in [0, 0.1) is 0 Å². The molecule has 3 heteroatoms. The summed E-state index contributed by atoms with van der Waals surface area (Å²) < 4.78 is 11.8. The molecule has 0 spiro atoms. The molecule has 2 N–H and O–H groups in total. The molecule has 0 fully saturated rings. The Balaban J connectivity index is 3.24. The maximum Gasteiger partial charge on any atom is 0.0930 e. The van der Waals surface area contributed by atoms with E-state index in [1.807, 2.05) is 0 Å². The summed E-state index contributed by atoms with van der Waals surface area (Å²) in [6, 6.07) is 0. The van der Waals surface area contributed by atoms with Gasteiger partial charge in [0.2, 0.25) is 0 Å². The topological polar surface area (TPSA) is 44.5 Å². The van der Waals surface area contributed by atoms with Gasteiger partial charge in [0, 0.05) is 19.8 Å². The van der Waals surface area contributed by atoms with Gasteiger partial charge < -0.3 is 15.2 Å². The Morgan fingerprint density at radius 2 is 0.722 bits per heavy atom. The van der Waals surface area contributed by atoms with E-state index in [1.54, 1.807) is 0 Å². The van der Waals surface area contributed by atoms with Crippen LogP contribution >= 0.6 is 0 Å². The fraction of sp³-hybridized carbons (Fsp3) is 1.00. The van der Waals surface area contributed by atoms with Crippen molar-refractivity contribution in [3.8, 4) is 0 Å². The van der Waals surface area contributed by atoms with Gasteiger partial charge in [-0.15, -0.1) is 0 Å². The summed E-state index contributed by atoms with van der Waals surface area (Å²) in [6.07, 6.45) is 36.2. The van der Waals surface area contributed by atoms with Crippen LogP contribution in [0.3, 0.4) is 0 Å². The van der Waals surface area contributed by atoms with E-state index >= 15 is 0 Å². The van der Waals surface area contributed by atoms with Crippen LogP contribution in [-0.4, -0.2) is 32.5 Å². The van der Waals surface area contributed by atoms with Crippen LogP contribution in [0.1, 0.15) is 181 Å². The number of hydrogen-bond acceptors (Lipinski definition) is 3. The van der Waals surface area contributed by atoms with Crippen LogP contribution in [0.5, 0.6) is 0 Å². The predicted molar refractivity (Wildman–Crippen MR) is 161 cm³/mol. The van der Waals surface area contributed by atoms with E-state index < -0.39 is 0 Å². The lowest BCUT2D eigenvalue weighted by Crippen LogP contribution is -2.29. The lowest BCUT2D eigenvalue weighted by molar-refractivity contribution is -0.0136. The van der Waals surface area contributed by atoms with E-state index in [1.165, 1.54) is 161 Å². The van der Waals surface area contributed by atoms with E-state index in [2.05, 4.69) is 13.8 Å². The zero-order valence-electron chi connectivity index (χ0n) is 25.2. The predicted octanol–water partition coefficient (Wildman–Crippen LogP) is 10.5. The third kappa shape index (κ3) is 30.1. The Morgan fingerprint density at radius 3 is 1.06 bits per heavy atom. The first-order valence-electron chi connectivity index (χ1n) is 16.7. The van der Waals surface area contributed by atoms with E-state index in [0.717, 1.165) is 19.6 Å². The molecule has 0 saturated heterocycles. The molecule has 218 valence electrons. The molecule has 0 amide bonds. The highest BCUT2D eigenvalue weighted by Gasteiger charge is 2.07. The third-order valence-corrected chi connectivity index (χ3v) is 7.56. The fourth-order valence-corrected chi connectivity index (χ4v) is 4.99. The molecule has 0 aliphatic carbocycles. The summed E-state index contributed by atoms with van der Waals surface area (Å²) in [4.78, 5) is 0. The molecule has 0 radical (unpaired) electrons. The molecule has 0 aliphatic heterocycles. The van der Waals surface area contributed by atoms with Crippen molar-refractivity contribution < 1.29 is 9.47 Å². The van der Waals surface area contributed by atoms with Gasteiger partial charge in [0.25, 0.3) is 0 Å². The second-order valence-electron chi connectivity index (χ2n) is 11.3. The Labute approximate surface area is 228 Å². The highest BCUT2D eigenvalue weighted by atomic mass is 16.5. The van der Waals surface area contributed by atoms with Gasteiger partial charge in [-0.2, -0.15) is 0 Å². The van der Waals surface area contributed by atoms with Gasteiger partial charge in [0.1, 0.15) is 0 Å². The highest BCUT2D eigenvalue weighted by molar-refractivity contribution is 4.58. The second kappa shape index (κ2) is 32.9. The van der Waals surface area contributed by atoms with E-state index in [9.17, 15) is 0 Å². The first-order chi connectivity index (χ1) is 17.8. The van der Waals surface area contributed by atoms with Crippen molar-refractivity contribution in [2.45, 2.75) is 187 Å². The van der Waals surface area contributed by atoms with Crippen molar-refractivity contribution in [1.82, 2.24) is 0 Å². The normalized spacial score (nSPS) is 12.4. The van der Waals surface area contributed by atoms with Crippen molar-refractivity contribution in [2.75, 3.05) is 26.4 Å². The van der Waals surface area contributed by atoms with Crippen molar-refractivity contribution in [2.24, 2.45) is 5.73 Å². The molecule has 0 aromatic carbocycles. The zero-order valence-corrected chi connectivity index (χ0v) is 25.2. The Morgan fingerprint density at radius 1 is 0.417 bits per heavy atom. The number of hydrogen-bond donors (Lipinski definition) is 1. The quantitative estimate of drug-likeness (QED) is 0.0913. The van der Waals surface area contributed by atoms with Gasteiger partial charge >= 0.3 is 0 Å². The Hall–Kier alpha value is -0.120. The molecule has 0 aromatic heterocycles. The SMILES string of the molecule is CCCCCCCCCCCCCCCCCCOC[C@H](CN)OCCCCCCCCCCCC. The van der Waals surface area contributed by atoms with Gasteiger partial charge in [-0.1, -0.05) is 168 Å². The van der Waals surface area contributed by atoms with Crippen molar-refractivity contribution in [3.05, 3.63) is 0 Å². The van der Waals surface area contributed by atoms with Crippen molar-refractivity contribution in [1.29, 1.82) is 0 Å². The Bertz CT molecular complexity index is 377. The van der Waals surface area contributed by atoms with E-state index in [0.29, 0.717) is 13.2 Å². The molecule has 0 rings (SSSR count). The minimum absolute atomic E-state index is 0.0737. The van der Waals surface area contributed by atoms with Crippen LogP contribution in [0.2, 0.25) is 0 Å². The van der Waals surface area contributed by atoms with E-state index in [-0.39, 0.29) is 6.10 Å². The molecular formula is C33H69NO2.